The predicted octanol–water partition coefficient (Wildman–Crippen LogP) is 3.46. The third-order valence-corrected chi connectivity index (χ3v) is 6.05. The van der Waals surface area contributed by atoms with Gasteiger partial charge >= 0.3 is 10.2 Å². The van der Waals surface area contributed by atoms with Gasteiger partial charge in [-0.15, -0.1) is 0 Å². The number of aryl methyl sites for hydroxylation is 2. The first-order valence-electron chi connectivity index (χ1n) is 8.83. The summed E-state index contributed by atoms with van der Waals surface area (Å²) in [5, 5.41) is 12.0. The summed E-state index contributed by atoms with van der Waals surface area (Å²) < 4.78 is 32.6. The average Bonchev–Trinajstić information content (AvgIpc) is 3.05. The number of phenolic OH excluding ortho intramolecular Hbond substituents is 1. The summed E-state index contributed by atoms with van der Waals surface area (Å²) in [6.45, 7) is 0. The zero-order chi connectivity index (χ0) is 19.7. The molecule has 0 radical (unpaired) electrons. The first-order chi connectivity index (χ1) is 13.5. The summed E-state index contributed by atoms with van der Waals surface area (Å²) in [5.74, 6) is 0.748. The number of rotatable bonds is 5. The molecule has 0 aliphatic carbocycles. The Bertz CT molecular complexity index is 1150. The van der Waals surface area contributed by atoms with Crippen molar-refractivity contribution in [2.45, 2.75) is 12.8 Å². The Morgan fingerprint density at radius 3 is 2.36 bits per heavy atom. The zero-order valence-electron chi connectivity index (χ0n) is 15.3. The van der Waals surface area contributed by atoms with Gasteiger partial charge in [-0.05, 0) is 59.0 Å². The van der Waals surface area contributed by atoms with Gasteiger partial charge in [-0.1, -0.05) is 30.3 Å². The Morgan fingerprint density at radius 2 is 1.68 bits per heavy atom. The normalized spacial score (nSPS) is 15.0. The molecule has 7 heteroatoms. The molecular weight excluding hydrogens is 376 g/mol. The van der Waals surface area contributed by atoms with Gasteiger partial charge in [-0.2, -0.15) is 8.42 Å². The van der Waals surface area contributed by atoms with Crippen LogP contribution in [0.1, 0.15) is 11.1 Å². The molecule has 4 rings (SSSR count). The number of hydrogen-bond acceptors (Lipinski definition) is 4. The van der Waals surface area contributed by atoms with Crippen molar-refractivity contribution < 1.29 is 18.3 Å². The van der Waals surface area contributed by atoms with E-state index in [0.717, 1.165) is 39.2 Å². The molecule has 1 aliphatic heterocycles. The van der Waals surface area contributed by atoms with Gasteiger partial charge in [0.2, 0.25) is 0 Å². The molecule has 144 valence electrons. The number of fused-ring (bicyclic) bond motifs is 1. The van der Waals surface area contributed by atoms with Gasteiger partial charge in [0, 0.05) is 12.4 Å². The first-order valence-corrected chi connectivity index (χ1v) is 10.3. The van der Waals surface area contributed by atoms with Crippen molar-refractivity contribution in [2.75, 3.05) is 11.4 Å². The maximum atomic E-state index is 12.1. The molecule has 3 aromatic carbocycles. The minimum Gasteiger partial charge on any atom is -0.506 e. The summed E-state index contributed by atoms with van der Waals surface area (Å²) in [4.78, 5) is 0. The molecule has 28 heavy (non-hydrogen) atoms. The highest BCUT2D eigenvalue weighted by molar-refractivity contribution is 7.91. The van der Waals surface area contributed by atoms with E-state index < -0.39 is 10.2 Å². The van der Waals surface area contributed by atoms with Crippen molar-refractivity contribution in [1.82, 2.24) is 4.72 Å². The highest BCUT2D eigenvalue weighted by Gasteiger charge is 2.26. The zero-order valence-corrected chi connectivity index (χ0v) is 16.1. The second kappa shape index (κ2) is 7.09. The number of phenols is 1. The van der Waals surface area contributed by atoms with Gasteiger partial charge in [0.1, 0.15) is 17.2 Å². The molecule has 0 aromatic heterocycles. The van der Waals surface area contributed by atoms with Gasteiger partial charge in [-0.3, -0.25) is 4.72 Å². The highest BCUT2D eigenvalue weighted by atomic mass is 32.2. The molecular formula is C21H20N2O4S. The molecule has 6 nitrogen and oxygen atoms in total. The van der Waals surface area contributed by atoms with E-state index in [4.69, 9.17) is 4.74 Å². The average molecular weight is 396 g/mol. The van der Waals surface area contributed by atoms with E-state index in [-0.39, 0.29) is 11.4 Å². The summed E-state index contributed by atoms with van der Waals surface area (Å²) in [5.41, 5.74) is 2.57. The number of methoxy groups -OCH3 is 1. The van der Waals surface area contributed by atoms with Crippen molar-refractivity contribution in [3.63, 3.8) is 0 Å². The predicted molar refractivity (Wildman–Crippen MR) is 110 cm³/mol. The van der Waals surface area contributed by atoms with E-state index >= 15 is 0 Å². The molecule has 0 unspecified atom stereocenters. The van der Waals surface area contributed by atoms with Crippen molar-refractivity contribution in [3.05, 3.63) is 78.1 Å². The van der Waals surface area contributed by atoms with Crippen LogP contribution < -0.4 is 13.8 Å². The van der Waals surface area contributed by atoms with Gasteiger partial charge in [0.15, 0.2) is 0 Å². The van der Waals surface area contributed by atoms with Crippen LogP contribution in [-0.2, 0) is 23.1 Å². The van der Waals surface area contributed by atoms with Gasteiger partial charge in [0.25, 0.3) is 0 Å². The van der Waals surface area contributed by atoms with Crippen LogP contribution in [0.3, 0.4) is 0 Å². The fourth-order valence-electron chi connectivity index (χ4n) is 3.27. The van der Waals surface area contributed by atoms with Crippen molar-refractivity contribution >= 4 is 26.7 Å². The minimum absolute atomic E-state index is 0.0876. The van der Waals surface area contributed by atoms with E-state index in [9.17, 15) is 13.5 Å². The number of nitrogens with zero attached hydrogens (tertiary/aromatic N) is 1. The molecule has 0 spiro atoms. The highest BCUT2D eigenvalue weighted by Crippen LogP contribution is 2.35. The topological polar surface area (TPSA) is 78.9 Å². The van der Waals surface area contributed by atoms with Crippen LogP contribution in [0.4, 0.5) is 5.69 Å². The number of nitrogens with one attached hydrogen (secondary N) is 1. The van der Waals surface area contributed by atoms with Crippen LogP contribution in [0.2, 0.25) is 0 Å². The Labute approximate surface area is 163 Å². The number of ether oxygens (including phenoxy) is 1. The number of hydrogen-bond donors (Lipinski definition) is 2. The second-order valence-corrected chi connectivity index (χ2v) is 8.18. The van der Waals surface area contributed by atoms with Crippen molar-refractivity contribution in [2.24, 2.45) is 0 Å². The monoisotopic (exact) mass is 396 g/mol. The molecule has 0 bridgehead atoms. The van der Waals surface area contributed by atoms with Crippen LogP contribution in [0, 0.1) is 0 Å². The lowest BCUT2D eigenvalue weighted by atomic mass is 10.0. The first kappa shape index (κ1) is 18.2. The van der Waals surface area contributed by atoms with Crippen LogP contribution in [0.5, 0.6) is 11.5 Å². The molecule has 3 aromatic rings. The summed E-state index contributed by atoms with van der Waals surface area (Å²) in [7, 11) is -2.04. The lowest BCUT2D eigenvalue weighted by molar-refractivity contribution is 0.414. The molecule has 2 N–H and O–H groups in total. The summed E-state index contributed by atoms with van der Waals surface area (Å²) in [6.07, 6.45) is 4.43. The maximum absolute atomic E-state index is 12.1. The Hall–Kier alpha value is -3.19. The molecule has 0 amide bonds. The quantitative estimate of drug-likeness (QED) is 0.692. The number of benzene rings is 3. The lowest BCUT2D eigenvalue weighted by Crippen LogP contribution is -2.28. The van der Waals surface area contributed by atoms with E-state index in [1.54, 1.807) is 19.2 Å². The third-order valence-electron chi connectivity index (χ3n) is 4.78. The van der Waals surface area contributed by atoms with Crippen LogP contribution in [0.25, 0.3) is 10.8 Å². The van der Waals surface area contributed by atoms with Crippen molar-refractivity contribution in [1.29, 1.82) is 0 Å². The van der Waals surface area contributed by atoms with E-state index in [1.807, 2.05) is 42.5 Å². The summed E-state index contributed by atoms with van der Waals surface area (Å²) >= 11 is 0. The number of anilines is 1. The van der Waals surface area contributed by atoms with Crippen LogP contribution in [-0.4, -0.2) is 20.6 Å². The molecule has 0 fully saturated rings. The molecule has 0 saturated carbocycles. The standard InChI is InChI=1S/C21H20N2O4S/c1-27-19-8-5-15(6-9-19)2-3-16-4-7-17-14-21(24)20(13-18(17)12-16)23-11-10-22-28(23,25)26/h4-14,22,24H,2-3H2,1H3. The van der Waals surface area contributed by atoms with Crippen LogP contribution >= 0.6 is 0 Å². The van der Waals surface area contributed by atoms with Gasteiger partial charge in [0.05, 0.1) is 7.11 Å². The smallest absolute Gasteiger partial charge is 0.327 e. The van der Waals surface area contributed by atoms with E-state index in [0.29, 0.717) is 0 Å². The molecule has 1 aliphatic rings. The number of aromatic hydroxyl groups is 1. The second-order valence-electron chi connectivity index (χ2n) is 6.60. The van der Waals surface area contributed by atoms with E-state index in [2.05, 4.69) is 4.72 Å². The lowest BCUT2D eigenvalue weighted by Gasteiger charge is -2.17. The molecule has 1 heterocycles. The fourth-order valence-corrected chi connectivity index (χ4v) is 4.24. The Balaban J connectivity index is 1.60. The van der Waals surface area contributed by atoms with Crippen LogP contribution in [0.15, 0.2) is 67.0 Å². The molecule has 0 saturated heterocycles. The SMILES string of the molecule is COc1ccc(CCc2ccc3cc(O)c(N4C=CNS4(=O)=O)cc3c2)cc1. The minimum atomic E-state index is -3.69. The maximum Gasteiger partial charge on any atom is 0.327 e. The fraction of sp³-hybridized carbons (Fsp3) is 0.143. The largest absolute Gasteiger partial charge is 0.506 e. The van der Waals surface area contributed by atoms with Crippen molar-refractivity contribution in [3.8, 4) is 11.5 Å². The molecule has 0 atom stereocenters. The third kappa shape index (κ3) is 3.48. The van der Waals surface area contributed by atoms with Gasteiger partial charge in [-0.25, -0.2) is 4.31 Å². The summed E-state index contributed by atoms with van der Waals surface area (Å²) in [6, 6.07) is 17.3. The Kier molecular flexibility index (Phi) is 4.60. The Morgan fingerprint density at radius 1 is 0.964 bits per heavy atom. The van der Waals surface area contributed by atoms with E-state index in [1.165, 1.54) is 18.0 Å². The van der Waals surface area contributed by atoms with Gasteiger partial charge < -0.3 is 9.84 Å².